The molecule has 2 aromatic rings. The molecule has 32 heavy (non-hydrogen) atoms. The van der Waals surface area contributed by atoms with Crippen molar-refractivity contribution in [3.8, 4) is 0 Å². The molecule has 0 spiro atoms. The molecule has 5 heteroatoms. The Labute approximate surface area is 191 Å². The minimum absolute atomic E-state index is 0.0128. The first-order valence-electron chi connectivity index (χ1n) is 11.0. The molecule has 0 aliphatic heterocycles. The number of amides is 1. The van der Waals surface area contributed by atoms with Gasteiger partial charge in [-0.1, -0.05) is 60.7 Å². The summed E-state index contributed by atoms with van der Waals surface area (Å²) in [6.07, 6.45) is 7.41. The van der Waals surface area contributed by atoms with Gasteiger partial charge in [0.1, 0.15) is 0 Å². The summed E-state index contributed by atoms with van der Waals surface area (Å²) in [6.45, 7) is 0. The van der Waals surface area contributed by atoms with Gasteiger partial charge in [0.25, 0.3) is 0 Å². The summed E-state index contributed by atoms with van der Waals surface area (Å²) in [5.74, 6) is -0.493. The Morgan fingerprint density at radius 2 is 1.75 bits per heavy atom. The molecular formula is C27H33NO4. The maximum atomic E-state index is 12.8. The molecule has 2 aromatic carbocycles. The lowest BCUT2D eigenvalue weighted by molar-refractivity contribution is -0.145. The van der Waals surface area contributed by atoms with Gasteiger partial charge in [-0.2, -0.15) is 0 Å². The van der Waals surface area contributed by atoms with E-state index in [0.717, 1.165) is 24.0 Å². The normalized spacial score (nSPS) is 11.8. The van der Waals surface area contributed by atoms with Crippen LogP contribution in [0.4, 0.5) is 0 Å². The summed E-state index contributed by atoms with van der Waals surface area (Å²) in [6, 6.07) is 17.3. The van der Waals surface area contributed by atoms with Crippen molar-refractivity contribution in [2.24, 2.45) is 5.92 Å². The molecule has 0 fully saturated rings. The molecule has 0 aliphatic rings. The van der Waals surface area contributed by atoms with Crippen LogP contribution in [0.15, 0.2) is 60.7 Å². The Kier molecular flexibility index (Phi) is 10.4. The molecule has 0 bridgehead atoms. The predicted octanol–water partition coefficient (Wildman–Crippen LogP) is 4.95. The van der Waals surface area contributed by atoms with Crippen LogP contribution >= 0.6 is 0 Å². The molecule has 2 rings (SSSR count). The smallest absolute Gasteiger partial charge is 0.309 e. The van der Waals surface area contributed by atoms with Crippen molar-refractivity contribution in [3.05, 3.63) is 77.4 Å². The molecule has 1 atom stereocenters. The Morgan fingerprint density at radius 1 is 1.00 bits per heavy atom. The summed E-state index contributed by atoms with van der Waals surface area (Å²) in [5, 5.41) is 0. The second-order valence-electron chi connectivity index (χ2n) is 8.08. The number of nitrogens with zero attached hydrogens (tertiary/aromatic N) is 1. The highest BCUT2D eigenvalue weighted by Crippen LogP contribution is 2.19. The van der Waals surface area contributed by atoms with E-state index in [1.165, 1.54) is 7.11 Å². The zero-order chi connectivity index (χ0) is 23.3. The molecule has 0 heterocycles. The number of esters is 1. The van der Waals surface area contributed by atoms with E-state index in [-0.39, 0.29) is 30.0 Å². The van der Waals surface area contributed by atoms with Gasteiger partial charge >= 0.3 is 5.97 Å². The lowest BCUT2D eigenvalue weighted by Crippen LogP contribution is -2.20. The fourth-order valence-electron chi connectivity index (χ4n) is 3.45. The number of ketones is 1. The van der Waals surface area contributed by atoms with Crippen LogP contribution in [0.25, 0.3) is 6.08 Å². The van der Waals surface area contributed by atoms with E-state index in [0.29, 0.717) is 24.8 Å². The van der Waals surface area contributed by atoms with E-state index < -0.39 is 0 Å². The third-order valence-electron chi connectivity index (χ3n) is 5.36. The number of benzene rings is 2. The number of methoxy groups -OCH3 is 1. The van der Waals surface area contributed by atoms with Crippen LogP contribution in [0, 0.1) is 5.92 Å². The van der Waals surface area contributed by atoms with Gasteiger partial charge in [0.2, 0.25) is 5.91 Å². The number of allylic oxidation sites excluding steroid dienone is 1. The first kappa shape index (κ1) is 25.1. The van der Waals surface area contributed by atoms with Gasteiger partial charge in [0.15, 0.2) is 5.78 Å². The van der Waals surface area contributed by atoms with E-state index in [1.807, 2.05) is 60.7 Å². The zero-order valence-corrected chi connectivity index (χ0v) is 19.3. The fraction of sp³-hybridized carbons (Fsp3) is 0.370. The van der Waals surface area contributed by atoms with Crippen molar-refractivity contribution in [2.45, 2.75) is 38.5 Å². The van der Waals surface area contributed by atoms with Crippen LogP contribution in [0.5, 0.6) is 0 Å². The highest BCUT2D eigenvalue weighted by Gasteiger charge is 2.21. The number of unbranched alkanes of at least 4 members (excludes halogenated alkanes) is 1. The van der Waals surface area contributed by atoms with Gasteiger partial charge in [-0.25, -0.2) is 0 Å². The van der Waals surface area contributed by atoms with Gasteiger partial charge in [0, 0.05) is 32.5 Å². The highest BCUT2D eigenvalue weighted by molar-refractivity contribution is 5.96. The van der Waals surface area contributed by atoms with Crippen LogP contribution in [0.2, 0.25) is 0 Å². The average Bonchev–Trinajstić information content (AvgIpc) is 2.81. The molecule has 0 N–H and O–H groups in total. The van der Waals surface area contributed by atoms with Crippen LogP contribution in [0.3, 0.4) is 0 Å². The fourth-order valence-corrected chi connectivity index (χ4v) is 3.45. The second kappa shape index (κ2) is 13.3. The summed E-state index contributed by atoms with van der Waals surface area (Å²) in [5.41, 5.74) is 2.64. The monoisotopic (exact) mass is 435 g/mol. The topological polar surface area (TPSA) is 63.7 Å². The van der Waals surface area contributed by atoms with E-state index >= 15 is 0 Å². The van der Waals surface area contributed by atoms with Gasteiger partial charge in [-0.15, -0.1) is 0 Å². The van der Waals surface area contributed by atoms with Crippen LogP contribution in [-0.2, 0) is 20.7 Å². The van der Waals surface area contributed by atoms with Gasteiger partial charge in [-0.05, 0) is 42.9 Å². The number of hydrogen-bond acceptors (Lipinski definition) is 4. The van der Waals surface area contributed by atoms with Crippen molar-refractivity contribution in [3.63, 3.8) is 0 Å². The van der Waals surface area contributed by atoms with E-state index in [9.17, 15) is 14.4 Å². The van der Waals surface area contributed by atoms with E-state index in [1.54, 1.807) is 25.1 Å². The molecule has 1 amide bonds. The second-order valence-corrected chi connectivity index (χ2v) is 8.08. The SMILES string of the molecule is COC(=O)[C@@H](CCC(=O)c1cccc(/C=C\CCCC(=O)N(C)C)c1)Cc1ccccc1. The van der Waals surface area contributed by atoms with Crippen molar-refractivity contribution in [1.82, 2.24) is 4.90 Å². The Bertz CT molecular complexity index is 918. The summed E-state index contributed by atoms with van der Waals surface area (Å²) < 4.78 is 4.95. The first-order valence-corrected chi connectivity index (χ1v) is 11.0. The summed E-state index contributed by atoms with van der Waals surface area (Å²) in [4.78, 5) is 38.2. The van der Waals surface area contributed by atoms with Gasteiger partial charge in [-0.3, -0.25) is 14.4 Å². The molecule has 0 aliphatic carbocycles. The quantitative estimate of drug-likeness (QED) is 0.269. The molecule has 0 saturated carbocycles. The molecule has 5 nitrogen and oxygen atoms in total. The predicted molar refractivity (Wildman–Crippen MR) is 127 cm³/mol. The van der Waals surface area contributed by atoms with Crippen LogP contribution in [0.1, 0.15) is 53.6 Å². The summed E-state index contributed by atoms with van der Waals surface area (Å²) in [7, 11) is 4.90. The standard InChI is InChI=1S/C27H33NO4/c1-28(2)26(30)16-9-5-8-13-22-14-10-15-23(19-22)25(29)18-17-24(27(31)32-3)20-21-11-6-4-7-12-21/h4,6-8,10-15,19,24H,5,9,16-18,20H2,1-3H3/b13-8-/t24-/m0/s1. The number of ether oxygens (including phenoxy) is 1. The van der Waals surface area contributed by atoms with Crippen molar-refractivity contribution in [1.29, 1.82) is 0 Å². The molecule has 0 unspecified atom stereocenters. The minimum Gasteiger partial charge on any atom is -0.469 e. The van der Waals surface area contributed by atoms with E-state index in [2.05, 4.69) is 0 Å². The third-order valence-corrected chi connectivity index (χ3v) is 5.36. The minimum atomic E-state index is -0.348. The summed E-state index contributed by atoms with van der Waals surface area (Å²) >= 11 is 0. The van der Waals surface area contributed by atoms with Crippen molar-refractivity contribution < 1.29 is 19.1 Å². The zero-order valence-electron chi connectivity index (χ0n) is 19.3. The molecule has 0 saturated heterocycles. The Morgan fingerprint density at radius 3 is 2.44 bits per heavy atom. The van der Waals surface area contributed by atoms with Crippen LogP contribution in [-0.4, -0.2) is 43.8 Å². The molecule has 0 radical (unpaired) electrons. The largest absolute Gasteiger partial charge is 0.469 e. The highest BCUT2D eigenvalue weighted by atomic mass is 16.5. The lowest BCUT2D eigenvalue weighted by atomic mass is 9.92. The third kappa shape index (κ3) is 8.50. The Hall–Kier alpha value is -3.21. The first-order chi connectivity index (χ1) is 15.4. The Balaban J connectivity index is 1.91. The maximum Gasteiger partial charge on any atom is 0.309 e. The number of rotatable bonds is 12. The maximum absolute atomic E-state index is 12.8. The molecule has 0 aromatic heterocycles. The number of hydrogen-bond donors (Lipinski definition) is 0. The average molecular weight is 436 g/mol. The van der Waals surface area contributed by atoms with Crippen LogP contribution < -0.4 is 0 Å². The lowest BCUT2D eigenvalue weighted by Gasteiger charge is -2.14. The number of Topliss-reactive ketones (excluding diaryl/α,β-unsaturated/α-hetero) is 1. The number of carbonyl (C=O) groups excluding carboxylic acids is 3. The molecule has 170 valence electrons. The van der Waals surface area contributed by atoms with Gasteiger partial charge < -0.3 is 9.64 Å². The van der Waals surface area contributed by atoms with E-state index in [4.69, 9.17) is 4.74 Å². The van der Waals surface area contributed by atoms with Gasteiger partial charge in [0.05, 0.1) is 13.0 Å². The van der Waals surface area contributed by atoms with Crippen molar-refractivity contribution >= 4 is 23.7 Å². The molecular weight excluding hydrogens is 402 g/mol. The number of carbonyl (C=O) groups is 3. The van der Waals surface area contributed by atoms with Crippen molar-refractivity contribution in [2.75, 3.05) is 21.2 Å².